The van der Waals surface area contributed by atoms with Crippen LogP contribution in [-0.4, -0.2) is 4.98 Å². The van der Waals surface area contributed by atoms with Crippen LogP contribution in [-0.2, 0) is 0 Å². The van der Waals surface area contributed by atoms with Crippen LogP contribution in [0.4, 0.5) is 16.5 Å². The van der Waals surface area contributed by atoms with Crippen LogP contribution in [0.5, 0.6) is 0 Å². The van der Waals surface area contributed by atoms with Crippen LogP contribution in [0.3, 0.4) is 0 Å². The highest BCUT2D eigenvalue weighted by molar-refractivity contribution is 7.22. The number of nitrogens with two attached hydrogens (primary N) is 1. The maximum atomic E-state index is 6.20. The van der Waals surface area contributed by atoms with Crippen molar-refractivity contribution < 1.29 is 0 Å². The molecular weight excluding hydrogens is 278 g/mol. The molecule has 0 fully saturated rings. The van der Waals surface area contributed by atoms with Gasteiger partial charge in [-0.15, -0.1) is 0 Å². The summed E-state index contributed by atoms with van der Waals surface area (Å²) in [6.45, 7) is 2.01. The van der Waals surface area contributed by atoms with Crippen molar-refractivity contribution >= 4 is 49.7 Å². The van der Waals surface area contributed by atoms with Gasteiger partial charge >= 0.3 is 0 Å². The third-order valence-corrected chi connectivity index (χ3v) is 4.02. The lowest BCUT2D eigenvalue weighted by molar-refractivity contribution is 1.42. The van der Waals surface area contributed by atoms with Gasteiger partial charge in [0, 0.05) is 5.69 Å². The molecule has 3 nitrogen and oxygen atoms in total. The Morgan fingerprint density at radius 2 is 2.05 bits per heavy atom. The second-order valence-corrected chi connectivity index (χ2v) is 5.79. The lowest BCUT2D eigenvalue weighted by Crippen LogP contribution is -1.90. The number of nitrogens with one attached hydrogen (secondary N) is 1. The molecular formula is C14H12ClN3S. The highest BCUT2D eigenvalue weighted by Crippen LogP contribution is 2.32. The van der Waals surface area contributed by atoms with Crippen molar-refractivity contribution in [3.63, 3.8) is 0 Å². The molecule has 0 aliphatic rings. The number of nitrogen functional groups attached to an aromatic ring is 1. The number of fused-ring (bicyclic) bond motifs is 1. The van der Waals surface area contributed by atoms with Crippen LogP contribution in [0.1, 0.15) is 5.56 Å². The molecule has 19 heavy (non-hydrogen) atoms. The number of rotatable bonds is 2. The van der Waals surface area contributed by atoms with Crippen molar-refractivity contribution in [1.29, 1.82) is 0 Å². The van der Waals surface area contributed by atoms with Crippen LogP contribution in [0.15, 0.2) is 36.4 Å². The summed E-state index contributed by atoms with van der Waals surface area (Å²) < 4.78 is 1.06. The number of thiazole rings is 1. The molecule has 0 amide bonds. The predicted molar refractivity (Wildman–Crippen MR) is 83.5 cm³/mol. The summed E-state index contributed by atoms with van der Waals surface area (Å²) in [6, 6.07) is 11.6. The molecule has 1 aromatic heterocycles. The summed E-state index contributed by atoms with van der Waals surface area (Å²) in [6.07, 6.45) is 0. The standard InChI is InChI=1S/C14H12ClN3S/c1-8-2-4-11(10(15)6-8)17-14-18-12-5-3-9(16)7-13(12)19-14/h2-7H,16H2,1H3,(H,17,18). The van der Waals surface area contributed by atoms with E-state index >= 15 is 0 Å². The lowest BCUT2D eigenvalue weighted by Gasteiger charge is -2.05. The molecule has 0 spiro atoms. The Hall–Kier alpha value is -1.78. The van der Waals surface area contributed by atoms with Gasteiger partial charge in [0.25, 0.3) is 0 Å². The Labute approximate surface area is 120 Å². The molecule has 0 aliphatic carbocycles. The van der Waals surface area contributed by atoms with E-state index in [9.17, 15) is 0 Å². The van der Waals surface area contributed by atoms with Crippen LogP contribution < -0.4 is 11.1 Å². The summed E-state index contributed by atoms with van der Waals surface area (Å²) in [7, 11) is 0. The number of halogens is 1. The van der Waals surface area contributed by atoms with Gasteiger partial charge < -0.3 is 11.1 Å². The molecule has 0 aliphatic heterocycles. The van der Waals surface area contributed by atoms with Gasteiger partial charge in [-0.1, -0.05) is 29.0 Å². The fraction of sp³-hybridized carbons (Fsp3) is 0.0714. The van der Waals surface area contributed by atoms with Gasteiger partial charge in [0.05, 0.1) is 20.9 Å². The SMILES string of the molecule is Cc1ccc(Nc2nc3ccc(N)cc3s2)c(Cl)c1. The maximum Gasteiger partial charge on any atom is 0.188 e. The monoisotopic (exact) mass is 289 g/mol. The molecule has 2 aromatic carbocycles. The van der Waals surface area contributed by atoms with Crippen LogP contribution in [0.2, 0.25) is 5.02 Å². The van der Waals surface area contributed by atoms with Gasteiger partial charge in [-0.25, -0.2) is 4.98 Å². The van der Waals surface area contributed by atoms with Crippen molar-refractivity contribution in [1.82, 2.24) is 4.98 Å². The third kappa shape index (κ3) is 2.50. The number of nitrogens with zero attached hydrogens (tertiary/aromatic N) is 1. The highest BCUT2D eigenvalue weighted by Gasteiger charge is 2.06. The first-order valence-electron chi connectivity index (χ1n) is 5.81. The van der Waals surface area contributed by atoms with Gasteiger partial charge in [0.2, 0.25) is 0 Å². The number of anilines is 3. The topological polar surface area (TPSA) is 50.9 Å². The zero-order valence-corrected chi connectivity index (χ0v) is 11.8. The minimum absolute atomic E-state index is 0.693. The molecule has 0 saturated heterocycles. The average Bonchev–Trinajstić information content (AvgIpc) is 2.74. The smallest absolute Gasteiger partial charge is 0.188 e. The Balaban J connectivity index is 1.96. The van der Waals surface area contributed by atoms with Gasteiger partial charge in [-0.2, -0.15) is 0 Å². The van der Waals surface area contributed by atoms with Crippen molar-refractivity contribution in [2.45, 2.75) is 6.92 Å². The quantitative estimate of drug-likeness (QED) is 0.679. The van der Waals surface area contributed by atoms with E-state index in [0.29, 0.717) is 5.02 Å². The minimum Gasteiger partial charge on any atom is -0.399 e. The molecule has 3 N–H and O–H groups in total. The molecule has 5 heteroatoms. The van der Waals surface area contributed by atoms with E-state index in [4.69, 9.17) is 17.3 Å². The Bertz CT molecular complexity index is 752. The van der Waals surface area contributed by atoms with Gasteiger partial charge in [0.15, 0.2) is 5.13 Å². The molecule has 96 valence electrons. The van der Waals surface area contributed by atoms with E-state index in [1.807, 2.05) is 43.3 Å². The number of hydrogen-bond acceptors (Lipinski definition) is 4. The average molecular weight is 290 g/mol. The number of hydrogen-bond donors (Lipinski definition) is 2. The number of aromatic nitrogens is 1. The van der Waals surface area contributed by atoms with Crippen LogP contribution >= 0.6 is 22.9 Å². The van der Waals surface area contributed by atoms with E-state index in [0.717, 1.165) is 32.3 Å². The Kier molecular flexibility index (Phi) is 3.05. The Morgan fingerprint density at radius 1 is 1.21 bits per heavy atom. The zero-order valence-electron chi connectivity index (χ0n) is 10.3. The lowest BCUT2D eigenvalue weighted by atomic mass is 10.2. The van der Waals surface area contributed by atoms with Crippen LogP contribution in [0.25, 0.3) is 10.2 Å². The fourth-order valence-electron chi connectivity index (χ4n) is 1.83. The second-order valence-electron chi connectivity index (χ2n) is 4.35. The summed E-state index contributed by atoms with van der Waals surface area (Å²) in [5, 5.41) is 4.75. The molecule has 0 unspecified atom stereocenters. The first-order valence-corrected chi connectivity index (χ1v) is 7.00. The molecule has 0 bridgehead atoms. The summed E-state index contributed by atoms with van der Waals surface area (Å²) in [4.78, 5) is 4.51. The van der Waals surface area contributed by atoms with E-state index in [1.165, 1.54) is 0 Å². The third-order valence-electron chi connectivity index (χ3n) is 2.78. The maximum absolute atomic E-state index is 6.20. The molecule has 1 heterocycles. The van der Waals surface area contributed by atoms with E-state index in [1.54, 1.807) is 11.3 Å². The normalized spacial score (nSPS) is 10.8. The largest absolute Gasteiger partial charge is 0.399 e. The summed E-state index contributed by atoms with van der Waals surface area (Å²) >= 11 is 7.76. The van der Waals surface area contributed by atoms with Crippen molar-refractivity contribution in [3.05, 3.63) is 47.0 Å². The van der Waals surface area contributed by atoms with E-state index in [-0.39, 0.29) is 0 Å². The minimum atomic E-state index is 0.693. The number of benzene rings is 2. The molecule has 3 rings (SSSR count). The van der Waals surface area contributed by atoms with Gasteiger partial charge in [-0.05, 0) is 42.8 Å². The zero-order chi connectivity index (χ0) is 13.4. The second kappa shape index (κ2) is 4.72. The molecule has 3 aromatic rings. The molecule has 0 atom stereocenters. The highest BCUT2D eigenvalue weighted by atomic mass is 35.5. The first-order chi connectivity index (χ1) is 9.11. The van der Waals surface area contributed by atoms with E-state index in [2.05, 4.69) is 10.3 Å². The molecule has 0 radical (unpaired) electrons. The Morgan fingerprint density at radius 3 is 2.84 bits per heavy atom. The van der Waals surface area contributed by atoms with Gasteiger partial charge in [-0.3, -0.25) is 0 Å². The summed E-state index contributed by atoms with van der Waals surface area (Å²) in [5.74, 6) is 0. The van der Waals surface area contributed by atoms with Gasteiger partial charge in [0.1, 0.15) is 0 Å². The predicted octanol–water partition coefficient (Wildman–Crippen LogP) is 4.58. The summed E-state index contributed by atoms with van der Waals surface area (Å²) in [5.41, 5.74) is 9.44. The van der Waals surface area contributed by atoms with Crippen LogP contribution in [0, 0.1) is 6.92 Å². The van der Waals surface area contributed by atoms with Crippen molar-refractivity contribution in [3.8, 4) is 0 Å². The van der Waals surface area contributed by atoms with Crippen molar-refractivity contribution in [2.75, 3.05) is 11.1 Å². The first kappa shape index (κ1) is 12.3. The molecule has 0 saturated carbocycles. The van der Waals surface area contributed by atoms with E-state index < -0.39 is 0 Å². The van der Waals surface area contributed by atoms with Crippen molar-refractivity contribution in [2.24, 2.45) is 0 Å². The fourth-order valence-corrected chi connectivity index (χ4v) is 3.04. The number of aryl methyl sites for hydroxylation is 1.